The van der Waals surface area contributed by atoms with Gasteiger partial charge in [-0.05, 0) is 43.3 Å². The van der Waals surface area contributed by atoms with Crippen LogP contribution in [0, 0.1) is 6.92 Å². The average molecular weight is 288 g/mol. The van der Waals surface area contributed by atoms with Crippen molar-refractivity contribution in [2.24, 2.45) is 0 Å². The van der Waals surface area contributed by atoms with Gasteiger partial charge in [0.2, 0.25) is 0 Å². The Morgan fingerprint density at radius 1 is 1.00 bits per heavy atom. The Bertz CT molecular complexity index is 985. The smallest absolute Gasteiger partial charge is 0.119 e. The van der Waals surface area contributed by atoms with E-state index in [0.29, 0.717) is 0 Å². The third kappa shape index (κ3) is 2.02. The number of aromatic amines is 1. The number of H-pyrrole nitrogens is 1. The molecule has 2 aromatic carbocycles. The number of pyridine rings is 1. The molecule has 2 aromatic heterocycles. The number of hydrogen-bond donors (Lipinski definition) is 1. The molecule has 3 heteroatoms. The van der Waals surface area contributed by atoms with E-state index >= 15 is 0 Å². The molecule has 0 amide bonds. The number of benzene rings is 2. The summed E-state index contributed by atoms with van der Waals surface area (Å²) in [5.74, 6) is 0.852. The Morgan fingerprint density at radius 2 is 1.91 bits per heavy atom. The maximum Gasteiger partial charge on any atom is 0.119 e. The van der Waals surface area contributed by atoms with Crippen molar-refractivity contribution in [3.05, 3.63) is 60.3 Å². The van der Waals surface area contributed by atoms with E-state index < -0.39 is 0 Å². The van der Waals surface area contributed by atoms with E-state index in [4.69, 9.17) is 9.72 Å². The fraction of sp³-hybridized carbons (Fsp3) is 0.105. The van der Waals surface area contributed by atoms with Crippen molar-refractivity contribution in [1.82, 2.24) is 9.97 Å². The molecular formula is C19H16N2O. The molecule has 0 atom stereocenters. The van der Waals surface area contributed by atoms with Crippen LogP contribution in [0.15, 0.2) is 54.7 Å². The number of ether oxygens (including phenoxy) is 1. The van der Waals surface area contributed by atoms with Crippen LogP contribution in [0.1, 0.15) is 5.56 Å². The van der Waals surface area contributed by atoms with Crippen LogP contribution in [0.5, 0.6) is 5.75 Å². The third-order valence-corrected chi connectivity index (χ3v) is 4.01. The molecule has 3 nitrogen and oxygen atoms in total. The zero-order chi connectivity index (χ0) is 15.1. The molecule has 0 aliphatic rings. The number of aromatic nitrogens is 2. The van der Waals surface area contributed by atoms with Crippen molar-refractivity contribution in [2.75, 3.05) is 7.11 Å². The minimum absolute atomic E-state index is 0.852. The fourth-order valence-electron chi connectivity index (χ4n) is 2.83. The first-order valence-corrected chi connectivity index (χ1v) is 7.27. The van der Waals surface area contributed by atoms with Crippen molar-refractivity contribution in [3.8, 4) is 17.0 Å². The Hall–Kier alpha value is -2.81. The monoisotopic (exact) mass is 288 g/mol. The van der Waals surface area contributed by atoms with Gasteiger partial charge < -0.3 is 9.72 Å². The maximum absolute atomic E-state index is 5.26. The summed E-state index contributed by atoms with van der Waals surface area (Å²) in [6, 6.07) is 16.5. The molecule has 4 aromatic rings. The Labute approximate surface area is 128 Å². The topological polar surface area (TPSA) is 37.9 Å². The summed E-state index contributed by atoms with van der Waals surface area (Å²) in [5.41, 5.74) is 5.47. The Kier molecular flexibility index (Phi) is 2.86. The first-order valence-electron chi connectivity index (χ1n) is 7.27. The quantitative estimate of drug-likeness (QED) is 0.580. The van der Waals surface area contributed by atoms with E-state index in [0.717, 1.165) is 33.4 Å². The molecule has 1 N–H and O–H groups in total. The molecule has 0 saturated heterocycles. The summed E-state index contributed by atoms with van der Waals surface area (Å²) in [7, 11) is 1.68. The van der Waals surface area contributed by atoms with E-state index in [-0.39, 0.29) is 0 Å². The molecule has 0 saturated carbocycles. The molecule has 0 unspecified atom stereocenters. The molecule has 0 aliphatic carbocycles. The second kappa shape index (κ2) is 4.88. The zero-order valence-corrected chi connectivity index (χ0v) is 12.6. The second-order valence-corrected chi connectivity index (χ2v) is 5.51. The highest BCUT2D eigenvalue weighted by Crippen LogP contribution is 2.30. The highest BCUT2D eigenvalue weighted by atomic mass is 16.5. The summed E-state index contributed by atoms with van der Waals surface area (Å²) < 4.78 is 5.26. The van der Waals surface area contributed by atoms with Crippen LogP contribution in [-0.2, 0) is 0 Å². The van der Waals surface area contributed by atoms with Gasteiger partial charge in [-0.25, -0.2) is 4.98 Å². The Balaban J connectivity index is 1.90. The highest BCUT2D eigenvalue weighted by molar-refractivity contribution is 5.96. The molecule has 2 heterocycles. The van der Waals surface area contributed by atoms with E-state index in [1.807, 2.05) is 24.4 Å². The molecule has 108 valence electrons. The number of fused-ring (bicyclic) bond motifs is 2. The summed E-state index contributed by atoms with van der Waals surface area (Å²) >= 11 is 0. The van der Waals surface area contributed by atoms with Crippen LogP contribution in [0.4, 0.5) is 0 Å². The van der Waals surface area contributed by atoms with Gasteiger partial charge in [0, 0.05) is 28.0 Å². The predicted molar refractivity (Wildman–Crippen MR) is 90.3 cm³/mol. The fourth-order valence-corrected chi connectivity index (χ4v) is 2.83. The van der Waals surface area contributed by atoms with Crippen molar-refractivity contribution >= 4 is 21.8 Å². The van der Waals surface area contributed by atoms with Gasteiger partial charge in [0.1, 0.15) is 5.75 Å². The summed E-state index contributed by atoms with van der Waals surface area (Å²) in [4.78, 5) is 8.12. The van der Waals surface area contributed by atoms with E-state index in [2.05, 4.69) is 42.2 Å². The standard InChI is InChI=1S/C19H16N2O/c1-12-3-6-18-15(9-12)16(11-20-18)19-7-4-13-10-14(22-2)5-8-17(13)21-19/h3-11,20H,1-2H3. The van der Waals surface area contributed by atoms with Gasteiger partial charge in [-0.15, -0.1) is 0 Å². The largest absolute Gasteiger partial charge is 0.497 e. The van der Waals surface area contributed by atoms with Crippen LogP contribution in [0.3, 0.4) is 0 Å². The first-order chi connectivity index (χ1) is 10.7. The molecule has 0 fully saturated rings. The molecule has 0 aliphatic heterocycles. The third-order valence-electron chi connectivity index (χ3n) is 4.01. The van der Waals surface area contributed by atoms with Gasteiger partial charge >= 0.3 is 0 Å². The number of hydrogen-bond acceptors (Lipinski definition) is 2. The first kappa shape index (κ1) is 12.9. The van der Waals surface area contributed by atoms with Crippen LogP contribution in [0.2, 0.25) is 0 Å². The summed E-state index contributed by atoms with van der Waals surface area (Å²) in [6.07, 6.45) is 2.03. The van der Waals surface area contributed by atoms with Gasteiger partial charge in [-0.2, -0.15) is 0 Å². The van der Waals surface area contributed by atoms with Crippen molar-refractivity contribution < 1.29 is 4.74 Å². The van der Waals surface area contributed by atoms with Crippen LogP contribution in [-0.4, -0.2) is 17.1 Å². The predicted octanol–water partition coefficient (Wildman–Crippen LogP) is 4.70. The zero-order valence-electron chi connectivity index (χ0n) is 12.6. The van der Waals surface area contributed by atoms with Crippen molar-refractivity contribution in [2.45, 2.75) is 6.92 Å². The number of methoxy groups -OCH3 is 1. The van der Waals surface area contributed by atoms with Crippen LogP contribution >= 0.6 is 0 Å². The maximum atomic E-state index is 5.26. The Morgan fingerprint density at radius 3 is 2.77 bits per heavy atom. The van der Waals surface area contributed by atoms with Crippen LogP contribution < -0.4 is 4.74 Å². The second-order valence-electron chi connectivity index (χ2n) is 5.51. The SMILES string of the molecule is COc1ccc2nc(-c3c[nH]c4ccc(C)cc34)ccc2c1. The van der Waals surface area contributed by atoms with Gasteiger partial charge in [0.15, 0.2) is 0 Å². The lowest BCUT2D eigenvalue weighted by Gasteiger charge is -2.05. The van der Waals surface area contributed by atoms with Gasteiger partial charge in [-0.1, -0.05) is 17.7 Å². The van der Waals surface area contributed by atoms with Crippen LogP contribution in [0.25, 0.3) is 33.1 Å². The molecule has 0 spiro atoms. The van der Waals surface area contributed by atoms with Gasteiger partial charge in [0.05, 0.1) is 18.3 Å². The average Bonchev–Trinajstić information content (AvgIpc) is 2.96. The minimum Gasteiger partial charge on any atom is -0.497 e. The summed E-state index contributed by atoms with van der Waals surface area (Å²) in [5, 5.41) is 2.29. The molecule has 4 rings (SSSR count). The normalized spacial score (nSPS) is 11.2. The van der Waals surface area contributed by atoms with Crippen molar-refractivity contribution in [3.63, 3.8) is 0 Å². The van der Waals surface area contributed by atoms with Gasteiger partial charge in [-0.3, -0.25) is 0 Å². The van der Waals surface area contributed by atoms with E-state index in [1.54, 1.807) is 7.11 Å². The molecule has 0 radical (unpaired) electrons. The number of aryl methyl sites for hydroxylation is 1. The number of rotatable bonds is 2. The summed E-state index contributed by atoms with van der Waals surface area (Å²) in [6.45, 7) is 2.11. The lowest BCUT2D eigenvalue weighted by atomic mass is 10.1. The highest BCUT2D eigenvalue weighted by Gasteiger charge is 2.08. The lowest BCUT2D eigenvalue weighted by Crippen LogP contribution is -1.87. The van der Waals surface area contributed by atoms with E-state index in [9.17, 15) is 0 Å². The minimum atomic E-state index is 0.852. The molecule has 0 bridgehead atoms. The lowest BCUT2D eigenvalue weighted by molar-refractivity contribution is 0.415. The molecular weight excluding hydrogens is 272 g/mol. The van der Waals surface area contributed by atoms with Crippen molar-refractivity contribution in [1.29, 1.82) is 0 Å². The number of nitrogens with zero attached hydrogens (tertiary/aromatic N) is 1. The molecule has 22 heavy (non-hydrogen) atoms. The number of nitrogens with one attached hydrogen (secondary N) is 1. The van der Waals surface area contributed by atoms with Gasteiger partial charge in [0.25, 0.3) is 0 Å². The van der Waals surface area contributed by atoms with E-state index in [1.165, 1.54) is 10.9 Å².